The number of H-pyrrole nitrogens is 1. The van der Waals surface area contributed by atoms with Crippen molar-refractivity contribution >= 4 is 5.91 Å². The lowest BCUT2D eigenvalue weighted by atomic mass is 9.89. The Morgan fingerprint density at radius 1 is 1.14 bits per heavy atom. The quantitative estimate of drug-likeness (QED) is 0.697. The molecule has 4 heterocycles. The van der Waals surface area contributed by atoms with E-state index in [-0.39, 0.29) is 17.8 Å². The Bertz CT molecular complexity index is 1000. The lowest BCUT2D eigenvalue weighted by molar-refractivity contribution is 0.0756. The topological polar surface area (TPSA) is 105 Å². The van der Waals surface area contributed by atoms with Gasteiger partial charge < -0.3 is 9.64 Å². The molecule has 2 aromatic heterocycles. The molecule has 1 N–H and O–H groups in total. The van der Waals surface area contributed by atoms with Gasteiger partial charge in [-0.25, -0.2) is 0 Å². The van der Waals surface area contributed by atoms with Crippen LogP contribution < -0.4 is 4.74 Å². The van der Waals surface area contributed by atoms with Crippen LogP contribution in [-0.4, -0.2) is 79.4 Å². The smallest absolute Gasteiger partial charge is 0.291 e. The van der Waals surface area contributed by atoms with Gasteiger partial charge in [-0.3, -0.25) is 19.4 Å². The molecule has 0 bridgehead atoms. The Hall–Kier alpha value is -3.27. The van der Waals surface area contributed by atoms with Crippen molar-refractivity contribution in [3.05, 3.63) is 48.3 Å². The number of benzene rings is 1. The van der Waals surface area contributed by atoms with Crippen molar-refractivity contribution in [1.82, 2.24) is 39.7 Å². The molecule has 5 rings (SSSR count). The normalized spacial score (nSPS) is 24.1. The molecular formula is C19H22N8O2. The molecule has 10 heteroatoms. The van der Waals surface area contributed by atoms with Crippen molar-refractivity contribution in [3.63, 3.8) is 0 Å². The number of aromatic amines is 1. The van der Waals surface area contributed by atoms with Crippen LogP contribution in [0.25, 0.3) is 5.95 Å². The van der Waals surface area contributed by atoms with Crippen LogP contribution in [0.3, 0.4) is 0 Å². The van der Waals surface area contributed by atoms with Gasteiger partial charge in [-0.05, 0) is 30.7 Å². The zero-order chi connectivity index (χ0) is 20.0. The highest BCUT2D eigenvalue weighted by molar-refractivity contribution is 5.90. The Morgan fingerprint density at radius 2 is 1.90 bits per heavy atom. The maximum atomic E-state index is 13.0. The molecule has 2 aliphatic rings. The van der Waals surface area contributed by atoms with E-state index >= 15 is 0 Å². The summed E-state index contributed by atoms with van der Waals surface area (Å²) in [6.07, 6.45) is 2.99. The third kappa shape index (κ3) is 3.05. The molecule has 3 aromatic rings. The molecule has 0 radical (unpaired) electrons. The lowest BCUT2D eigenvalue weighted by Gasteiger charge is -2.26. The van der Waals surface area contributed by atoms with Crippen LogP contribution in [0.5, 0.6) is 5.75 Å². The number of methoxy groups -OCH3 is 1. The van der Waals surface area contributed by atoms with Crippen molar-refractivity contribution in [1.29, 1.82) is 0 Å². The summed E-state index contributed by atoms with van der Waals surface area (Å²) >= 11 is 0. The number of likely N-dealkylation sites (tertiary alicyclic amines) is 2. The first-order valence-corrected chi connectivity index (χ1v) is 9.55. The summed E-state index contributed by atoms with van der Waals surface area (Å²) < 4.78 is 6.84. The van der Waals surface area contributed by atoms with Gasteiger partial charge in [-0.15, -0.1) is 15.3 Å². The average Bonchev–Trinajstić information content (AvgIpc) is 3.50. The van der Waals surface area contributed by atoms with Gasteiger partial charge in [0.25, 0.3) is 11.9 Å². The third-order valence-corrected chi connectivity index (χ3v) is 5.96. The fraction of sp³-hybridized carbons (Fsp3) is 0.421. The average molecular weight is 394 g/mol. The van der Waals surface area contributed by atoms with E-state index in [2.05, 4.69) is 49.5 Å². The lowest BCUT2D eigenvalue weighted by Crippen LogP contribution is -2.34. The van der Waals surface area contributed by atoms with Crippen LogP contribution in [-0.2, 0) is 0 Å². The Labute approximate surface area is 167 Å². The van der Waals surface area contributed by atoms with Crippen molar-refractivity contribution < 1.29 is 9.53 Å². The molecule has 10 nitrogen and oxygen atoms in total. The second-order valence-corrected chi connectivity index (χ2v) is 7.64. The van der Waals surface area contributed by atoms with Crippen molar-refractivity contribution in [3.8, 4) is 11.7 Å². The zero-order valence-corrected chi connectivity index (χ0v) is 16.3. The minimum Gasteiger partial charge on any atom is -0.497 e. The van der Waals surface area contributed by atoms with Gasteiger partial charge in [0.1, 0.15) is 18.4 Å². The zero-order valence-electron chi connectivity index (χ0n) is 16.3. The minimum absolute atomic E-state index is 0.123. The second-order valence-electron chi connectivity index (χ2n) is 7.64. The van der Waals surface area contributed by atoms with Crippen molar-refractivity contribution in [2.75, 3.05) is 33.8 Å². The highest BCUT2D eigenvalue weighted by Gasteiger charge is 2.47. The maximum absolute atomic E-state index is 13.0. The van der Waals surface area contributed by atoms with Crippen molar-refractivity contribution in [2.45, 2.75) is 6.04 Å². The number of carbonyl (C=O) groups excluding carboxylic acids is 1. The van der Waals surface area contributed by atoms with E-state index in [0.29, 0.717) is 24.3 Å². The summed E-state index contributed by atoms with van der Waals surface area (Å²) in [4.78, 5) is 21.6. The molecule has 1 amide bonds. The molecule has 0 unspecified atom stereocenters. The van der Waals surface area contributed by atoms with Gasteiger partial charge in [0.05, 0.1) is 7.11 Å². The van der Waals surface area contributed by atoms with E-state index in [4.69, 9.17) is 4.74 Å². The first-order chi connectivity index (χ1) is 14.1. The number of carbonyl (C=O) groups is 1. The first kappa shape index (κ1) is 17.8. The summed E-state index contributed by atoms with van der Waals surface area (Å²) in [7, 11) is 3.83. The largest absolute Gasteiger partial charge is 0.497 e. The van der Waals surface area contributed by atoms with Crippen LogP contribution in [0, 0.1) is 11.8 Å². The van der Waals surface area contributed by atoms with E-state index in [1.807, 2.05) is 17.0 Å². The Morgan fingerprint density at radius 3 is 2.62 bits per heavy atom. The summed E-state index contributed by atoms with van der Waals surface area (Å²) in [6.45, 7) is 2.39. The molecule has 150 valence electrons. The van der Waals surface area contributed by atoms with Crippen molar-refractivity contribution in [2.24, 2.45) is 11.8 Å². The molecule has 2 aliphatic heterocycles. The second kappa shape index (κ2) is 6.96. The summed E-state index contributed by atoms with van der Waals surface area (Å²) in [5.74, 6) is 2.15. The molecule has 29 heavy (non-hydrogen) atoms. The first-order valence-electron chi connectivity index (χ1n) is 9.55. The molecule has 2 saturated heterocycles. The molecule has 3 atom stereocenters. The number of rotatable bonds is 4. The molecule has 0 saturated carbocycles. The number of ether oxygens (including phenoxy) is 1. The van der Waals surface area contributed by atoms with Crippen LogP contribution in [0.4, 0.5) is 0 Å². The Kier molecular flexibility index (Phi) is 4.27. The van der Waals surface area contributed by atoms with Crippen LogP contribution in [0.15, 0.2) is 36.9 Å². The molecule has 0 aliphatic carbocycles. The van der Waals surface area contributed by atoms with E-state index in [0.717, 1.165) is 18.8 Å². The fourth-order valence-corrected chi connectivity index (χ4v) is 4.64. The minimum atomic E-state index is -0.123. The van der Waals surface area contributed by atoms with Gasteiger partial charge >= 0.3 is 0 Å². The van der Waals surface area contributed by atoms with Gasteiger partial charge in [0.2, 0.25) is 5.82 Å². The number of nitrogens with one attached hydrogen (secondary N) is 1. The number of aromatic nitrogens is 6. The summed E-state index contributed by atoms with van der Waals surface area (Å²) in [5, 5.41) is 14.3. The van der Waals surface area contributed by atoms with Gasteiger partial charge in [0, 0.05) is 31.6 Å². The maximum Gasteiger partial charge on any atom is 0.291 e. The van der Waals surface area contributed by atoms with E-state index in [1.54, 1.807) is 11.7 Å². The highest BCUT2D eigenvalue weighted by Crippen LogP contribution is 2.44. The van der Waals surface area contributed by atoms with Gasteiger partial charge in [0.15, 0.2) is 0 Å². The standard InChI is InChI=1S/C19H22N8O2/c1-25-7-13-8-26(9-15(13)16(25)12-3-5-14(29-2)6-4-12)18(28)17-22-19(24-23-17)27-10-20-21-11-27/h3-6,10-11,13,15-16H,7-9H2,1-2H3,(H,22,23,24)/t13-,15+,16+/m0/s1. The molecule has 1 aromatic carbocycles. The van der Waals surface area contributed by atoms with E-state index < -0.39 is 0 Å². The highest BCUT2D eigenvalue weighted by atomic mass is 16.5. The predicted octanol–water partition coefficient (Wildman–Crippen LogP) is 0.769. The fourth-order valence-electron chi connectivity index (χ4n) is 4.64. The SMILES string of the molecule is COc1ccc([C@@H]2[C@@H]3CN(C(=O)c4nc(-n5cnnc5)n[nH]4)C[C@@H]3CN2C)cc1. The number of hydrogen-bond acceptors (Lipinski definition) is 7. The number of nitrogens with zero attached hydrogens (tertiary/aromatic N) is 7. The van der Waals surface area contributed by atoms with E-state index in [9.17, 15) is 4.79 Å². The third-order valence-electron chi connectivity index (χ3n) is 5.96. The molecular weight excluding hydrogens is 372 g/mol. The van der Waals surface area contributed by atoms with Crippen LogP contribution >= 0.6 is 0 Å². The van der Waals surface area contributed by atoms with Gasteiger partial charge in [-0.1, -0.05) is 12.1 Å². The molecule has 2 fully saturated rings. The van der Waals surface area contributed by atoms with Crippen LogP contribution in [0.1, 0.15) is 22.2 Å². The monoisotopic (exact) mass is 394 g/mol. The predicted molar refractivity (Wildman–Crippen MR) is 103 cm³/mol. The molecule has 0 spiro atoms. The Balaban J connectivity index is 1.33. The summed E-state index contributed by atoms with van der Waals surface area (Å²) in [6, 6.07) is 8.51. The van der Waals surface area contributed by atoms with Crippen LogP contribution in [0.2, 0.25) is 0 Å². The van der Waals surface area contributed by atoms with E-state index in [1.165, 1.54) is 18.2 Å². The number of fused-ring (bicyclic) bond motifs is 1. The summed E-state index contributed by atoms with van der Waals surface area (Å²) in [5.41, 5.74) is 1.25. The number of hydrogen-bond donors (Lipinski definition) is 1. The van der Waals surface area contributed by atoms with Gasteiger partial charge in [-0.2, -0.15) is 4.98 Å². The number of amides is 1.